The molecule has 0 N–H and O–H groups in total. The standard InChI is InChI=1S/C29H38O6/c1-27(2,3)24(30)33-21-14-12-19(13-15-21)10-11-20-16-22(34-25(31)28(4,5)6)18-23(17-20)35-26(32)29(7,8)9/h12-18H,10-11H2,1-9H3. The van der Waals surface area contributed by atoms with Crippen LogP contribution in [0.15, 0.2) is 42.5 Å². The number of aryl methyl sites for hydroxylation is 2. The summed E-state index contributed by atoms with van der Waals surface area (Å²) in [6, 6.07) is 12.5. The maximum absolute atomic E-state index is 12.4. The highest BCUT2D eigenvalue weighted by Gasteiger charge is 2.26. The third kappa shape index (κ3) is 8.85. The molecule has 6 nitrogen and oxygen atoms in total. The largest absolute Gasteiger partial charge is 0.426 e. The second-order valence-corrected chi connectivity index (χ2v) is 11.9. The highest BCUT2D eigenvalue weighted by Crippen LogP contribution is 2.29. The highest BCUT2D eigenvalue weighted by atomic mass is 16.5. The van der Waals surface area contributed by atoms with E-state index in [-0.39, 0.29) is 17.9 Å². The predicted octanol–water partition coefficient (Wildman–Crippen LogP) is 6.33. The van der Waals surface area contributed by atoms with E-state index >= 15 is 0 Å². The molecule has 2 aromatic rings. The number of ether oxygens (including phenoxy) is 3. The lowest BCUT2D eigenvalue weighted by Gasteiger charge is -2.19. The minimum absolute atomic E-state index is 0.288. The van der Waals surface area contributed by atoms with Crippen molar-refractivity contribution in [3.05, 3.63) is 53.6 Å². The van der Waals surface area contributed by atoms with Gasteiger partial charge in [0.25, 0.3) is 0 Å². The van der Waals surface area contributed by atoms with E-state index in [4.69, 9.17) is 14.2 Å². The van der Waals surface area contributed by atoms with Crippen molar-refractivity contribution in [3.8, 4) is 17.2 Å². The van der Waals surface area contributed by atoms with Gasteiger partial charge in [-0.15, -0.1) is 0 Å². The summed E-state index contributed by atoms with van der Waals surface area (Å²) in [5.74, 6) is 0.142. The monoisotopic (exact) mass is 482 g/mol. The molecular formula is C29H38O6. The molecule has 0 saturated heterocycles. The Kier molecular flexibility index (Phi) is 8.53. The van der Waals surface area contributed by atoms with Crippen molar-refractivity contribution in [2.45, 2.75) is 75.2 Å². The molecule has 0 amide bonds. The SMILES string of the molecule is CC(C)(C)C(=O)Oc1ccc(CCc2cc(OC(=O)C(C)(C)C)cc(OC(=O)C(C)(C)C)c2)cc1. The molecule has 0 aliphatic heterocycles. The fraction of sp³-hybridized carbons (Fsp3) is 0.483. The maximum atomic E-state index is 12.4. The van der Waals surface area contributed by atoms with E-state index in [1.807, 2.05) is 32.9 Å². The van der Waals surface area contributed by atoms with Gasteiger partial charge in [0.15, 0.2) is 0 Å². The van der Waals surface area contributed by atoms with E-state index in [0.29, 0.717) is 30.1 Å². The van der Waals surface area contributed by atoms with Gasteiger partial charge in [0.05, 0.1) is 16.2 Å². The molecule has 0 aliphatic carbocycles. The molecule has 0 unspecified atom stereocenters. The molecule has 190 valence electrons. The first-order chi connectivity index (χ1) is 15.9. The van der Waals surface area contributed by atoms with Crippen LogP contribution in [0.2, 0.25) is 0 Å². The minimum atomic E-state index is -0.670. The Morgan fingerprint density at radius 2 is 0.857 bits per heavy atom. The molecule has 0 aromatic heterocycles. The van der Waals surface area contributed by atoms with Gasteiger partial charge in [-0.2, -0.15) is 0 Å². The molecule has 6 heteroatoms. The van der Waals surface area contributed by atoms with Crippen LogP contribution in [-0.2, 0) is 27.2 Å². The molecule has 2 aromatic carbocycles. The topological polar surface area (TPSA) is 78.9 Å². The molecule has 0 fully saturated rings. The summed E-state index contributed by atoms with van der Waals surface area (Å²) >= 11 is 0. The normalized spacial score (nSPS) is 12.1. The number of carbonyl (C=O) groups excluding carboxylic acids is 3. The first-order valence-electron chi connectivity index (χ1n) is 11.8. The van der Waals surface area contributed by atoms with Crippen LogP contribution < -0.4 is 14.2 Å². The van der Waals surface area contributed by atoms with Crippen LogP contribution in [0.3, 0.4) is 0 Å². The lowest BCUT2D eigenvalue weighted by atomic mass is 9.97. The van der Waals surface area contributed by atoms with Gasteiger partial charge in [0, 0.05) is 6.07 Å². The van der Waals surface area contributed by atoms with Gasteiger partial charge >= 0.3 is 17.9 Å². The smallest absolute Gasteiger partial charge is 0.316 e. The van der Waals surface area contributed by atoms with Crippen molar-refractivity contribution < 1.29 is 28.6 Å². The maximum Gasteiger partial charge on any atom is 0.316 e. The van der Waals surface area contributed by atoms with E-state index < -0.39 is 16.2 Å². The lowest BCUT2D eigenvalue weighted by Crippen LogP contribution is -2.26. The van der Waals surface area contributed by atoms with Gasteiger partial charge in [-0.1, -0.05) is 12.1 Å². The van der Waals surface area contributed by atoms with Gasteiger partial charge in [-0.3, -0.25) is 14.4 Å². The molecular weight excluding hydrogens is 444 g/mol. The van der Waals surface area contributed by atoms with E-state index in [0.717, 1.165) is 11.1 Å². The van der Waals surface area contributed by atoms with Crippen molar-refractivity contribution in [2.24, 2.45) is 16.2 Å². The quantitative estimate of drug-likeness (QED) is 0.354. The number of rotatable bonds is 6. The van der Waals surface area contributed by atoms with E-state index in [1.54, 1.807) is 71.9 Å². The molecule has 0 atom stereocenters. The average molecular weight is 483 g/mol. The van der Waals surface area contributed by atoms with E-state index in [9.17, 15) is 14.4 Å². The van der Waals surface area contributed by atoms with Crippen LogP contribution in [0.1, 0.15) is 73.4 Å². The third-order valence-electron chi connectivity index (χ3n) is 5.03. The first-order valence-corrected chi connectivity index (χ1v) is 11.8. The number of hydrogen-bond donors (Lipinski definition) is 0. The third-order valence-corrected chi connectivity index (χ3v) is 5.03. The van der Waals surface area contributed by atoms with Crippen molar-refractivity contribution >= 4 is 17.9 Å². The fourth-order valence-corrected chi connectivity index (χ4v) is 2.69. The van der Waals surface area contributed by atoms with Gasteiger partial charge in [0.1, 0.15) is 17.2 Å². The summed E-state index contributed by atoms with van der Waals surface area (Å²) in [6.45, 7) is 16.1. The number of benzene rings is 2. The zero-order valence-electron chi connectivity index (χ0n) is 22.4. The van der Waals surface area contributed by atoms with Crippen molar-refractivity contribution in [2.75, 3.05) is 0 Å². The number of carbonyl (C=O) groups is 3. The van der Waals surface area contributed by atoms with Crippen LogP contribution in [0.5, 0.6) is 17.2 Å². The zero-order chi connectivity index (χ0) is 26.6. The molecule has 0 aliphatic rings. The average Bonchev–Trinajstić information content (AvgIpc) is 2.71. The molecule has 0 spiro atoms. The van der Waals surface area contributed by atoms with Crippen molar-refractivity contribution in [3.63, 3.8) is 0 Å². The van der Waals surface area contributed by atoms with Gasteiger partial charge in [0.2, 0.25) is 0 Å². The minimum Gasteiger partial charge on any atom is -0.426 e. The Bertz CT molecular complexity index is 1010. The first kappa shape index (κ1) is 28.1. The van der Waals surface area contributed by atoms with Gasteiger partial charge in [-0.05, 0) is 111 Å². The Hall–Kier alpha value is -3.15. The Morgan fingerprint density at radius 3 is 1.23 bits per heavy atom. The summed E-state index contributed by atoms with van der Waals surface area (Å²) in [7, 11) is 0. The highest BCUT2D eigenvalue weighted by molar-refractivity contribution is 5.79. The Morgan fingerprint density at radius 1 is 0.514 bits per heavy atom. The zero-order valence-corrected chi connectivity index (χ0v) is 22.4. The fourth-order valence-electron chi connectivity index (χ4n) is 2.69. The van der Waals surface area contributed by atoms with Gasteiger partial charge in [-0.25, -0.2) is 0 Å². The molecule has 2 rings (SSSR count). The van der Waals surface area contributed by atoms with E-state index in [2.05, 4.69) is 0 Å². The van der Waals surface area contributed by atoms with Gasteiger partial charge < -0.3 is 14.2 Å². The van der Waals surface area contributed by atoms with Crippen LogP contribution in [0.25, 0.3) is 0 Å². The van der Waals surface area contributed by atoms with Crippen LogP contribution >= 0.6 is 0 Å². The van der Waals surface area contributed by atoms with Crippen LogP contribution in [-0.4, -0.2) is 17.9 Å². The van der Waals surface area contributed by atoms with Crippen molar-refractivity contribution in [1.29, 1.82) is 0 Å². The van der Waals surface area contributed by atoms with Crippen LogP contribution in [0, 0.1) is 16.2 Å². The Balaban J connectivity index is 2.19. The lowest BCUT2D eigenvalue weighted by molar-refractivity contribution is -0.143. The Labute approximate surface area is 209 Å². The summed E-state index contributed by atoms with van der Waals surface area (Å²) in [4.78, 5) is 36.9. The summed E-state index contributed by atoms with van der Waals surface area (Å²) in [5, 5.41) is 0. The summed E-state index contributed by atoms with van der Waals surface area (Å²) < 4.78 is 16.6. The van der Waals surface area contributed by atoms with Crippen LogP contribution in [0.4, 0.5) is 0 Å². The molecule has 0 bridgehead atoms. The predicted molar refractivity (Wildman–Crippen MR) is 136 cm³/mol. The second kappa shape index (κ2) is 10.6. The number of esters is 3. The second-order valence-electron chi connectivity index (χ2n) is 11.9. The molecule has 35 heavy (non-hydrogen) atoms. The number of hydrogen-bond acceptors (Lipinski definition) is 6. The summed E-state index contributed by atoms with van der Waals surface area (Å²) in [5.41, 5.74) is -0.00343. The summed E-state index contributed by atoms with van der Waals surface area (Å²) in [6.07, 6.45) is 1.32. The molecule has 0 saturated carbocycles. The molecule has 0 heterocycles. The van der Waals surface area contributed by atoms with Crippen molar-refractivity contribution in [1.82, 2.24) is 0 Å². The van der Waals surface area contributed by atoms with E-state index in [1.165, 1.54) is 0 Å². The molecule has 0 radical (unpaired) electrons.